The highest BCUT2D eigenvalue weighted by atomic mass is 31.2. The lowest BCUT2D eigenvalue weighted by Crippen LogP contribution is -2.45. The van der Waals surface area contributed by atoms with E-state index in [-0.39, 0.29) is 0 Å². The zero-order valence-corrected chi connectivity index (χ0v) is 16.5. The second kappa shape index (κ2) is 9.73. The van der Waals surface area contributed by atoms with Gasteiger partial charge >= 0.3 is 7.82 Å². The quantitative estimate of drug-likeness (QED) is 0.386. The van der Waals surface area contributed by atoms with Crippen molar-refractivity contribution in [3.05, 3.63) is 65.5 Å². The first-order chi connectivity index (χ1) is 13.2. The van der Waals surface area contributed by atoms with E-state index in [0.717, 1.165) is 11.1 Å². The van der Waals surface area contributed by atoms with Gasteiger partial charge < -0.3 is 20.2 Å². The molecule has 8 nitrogen and oxygen atoms in total. The Balaban J connectivity index is 2.00. The zero-order valence-electron chi connectivity index (χ0n) is 15.6. The molecule has 28 heavy (non-hydrogen) atoms. The van der Waals surface area contributed by atoms with Gasteiger partial charge in [0.15, 0.2) is 12.4 Å². The van der Waals surface area contributed by atoms with Gasteiger partial charge in [-0.3, -0.25) is 9.32 Å². The molecule has 0 aliphatic heterocycles. The van der Waals surface area contributed by atoms with Crippen molar-refractivity contribution in [1.29, 1.82) is 0 Å². The predicted octanol–water partition coefficient (Wildman–Crippen LogP) is 1.27. The summed E-state index contributed by atoms with van der Waals surface area (Å²) in [5.41, 5.74) is 2.30. The number of rotatable bonds is 8. The van der Waals surface area contributed by atoms with E-state index in [9.17, 15) is 14.5 Å². The van der Waals surface area contributed by atoms with Crippen LogP contribution in [0.5, 0.6) is 0 Å². The van der Waals surface area contributed by atoms with Crippen LogP contribution in [0, 0.1) is 0 Å². The molecule has 1 heterocycles. The maximum Gasteiger partial charge on any atom is 0.469 e. The summed E-state index contributed by atoms with van der Waals surface area (Å²) in [6.07, 6.45) is 6.70. The van der Waals surface area contributed by atoms with Gasteiger partial charge in [0.05, 0.1) is 18.8 Å². The minimum absolute atomic E-state index is 0.353. The first-order valence-electron chi connectivity index (χ1n) is 8.57. The Kier molecular flexibility index (Phi) is 7.62. The SMILES string of the molecule is C[C@H](OP(=O)(O)O)[C@H](CO)NC(=O)c1ccc(/C=C/c2cc[n+](C)cc2)cc1. The summed E-state index contributed by atoms with van der Waals surface area (Å²) >= 11 is 0. The number of phosphoric acid groups is 1. The normalized spacial score (nSPS) is 14.0. The lowest BCUT2D eigenvalue weighted by molar-refractivity contribution is -0.671. The third-order valence-corrected chi connectivity index (χ3v) is 4.64. The molecular weight excluding hydrogens is 383 g/mol. The van der Waals surface area contributed by atoms with Crippen molar-refractivity contribution in [1.82, 2.24) is 5.32 Å². The van der Waals surface area contributed by atoms with Gasteiger partial charge in [-0.05, 0) is 30.2 Å². The Morgan fingerprint density at radius 3 is 2.18 bits per heavy atom. The highest BCUT2D eigenvalue weighted by molar-refractivity contribution is 7.46. The van der Waals surface area contributed by atoms with Crippen molar-refractivity contribution < 1.29 is 33.3 Å². The fraction of sp³-hybridized carbons (Fsp3) is 0.263. The standard InChI is InChI=1S/C19H23N2O6P/c1-14(27-28(24,25)26)18(13-22)20-19(23)17-7-5-15(6-8-17)3-4-16-9-11-21(2)12-10-16/h3-12,14,18,22H,13H2,1-2H3,(H2-,20,23,24,25,26)/p+1/b4-3+/t14-,18-/m0/s1. The number of pyridine rings is 1. The van der Waals surface area contributed by atoms with Crippen LogP contribution in [0.15, 0.2) is 48.8 Å². The molecule has 0 aliphatic carbocycles. The Labute approximate surface area is 163 Å². The Bertz CT molecular complexity index is 861. The molecule has 4 N–H and O–H groups in total. The fourth-order valence-corrected chi connectivity index (χ4v) is 3.00. The summed E-state index contributed by atoms with van der Waals surface area (Å²) < 4.78 is 17.4. The van der Waals surface area contributed by atoms with E-state index < -0.39 is 32.5 Å². The van der Waals surface area contributed by atoms with Crippen LogP contribution in [0.1, 0.15) is 28.4 Å². The van der Waals surface area contributed by atoms with Crippen LogP contribution >= 0.6 is 7.82 Å². The van der Waals surface area contributed by atoms with Crippen molar-refractivity contribution in [3.8, 4) is 0 Å². The fourth-order valence-electron chi connectivity index (χ4n) is 2.41. The summed E-state index contributed by atoms with van der Waals surface area (Å²) in [7, 11) is -2.78. The van der Waals surface area contributed by atoms with Crippen LogP contribution in [0.4, 0.5) is 0 Å². The number of aromatic nitrogens is 1. The first-order valence-corrected chi connectivity index (χ1v) is 10.1. The summed E-state index contributed by atoms with van der Waals surface area (Å²) in [6.45, 7) is 0.834. The van der Waals surface area contributed by atoms with Gasteiger partial charge in [0, 0.05) is 17.7 Å². The Morgan fingerprint density at radius 1 is 1.14 bits per heavy atom. The molecule has 0 saturated carbocycles. The lowest BCUT2D eigenvalue weighted by Gasteiger charge is -2.23. The number of aliphatic hydroxyl groups excluding tert-OH is 1. The van der Waals surface area contributed by atoms with Crippen LogP contribution in [-0.4, -0.2) is 39.6 Å². The topological polar surface area (TPSA) is 120 Å². The second-order valence-electron chi connectivity index (χ2n) is 6.32. The number of benzene rings is 1. The molecule has 0 saturated heterocycles. The third kappa shape index (κ3) is 6.99. The zero-order chi connectivity index (χ0) is 20.7. The number of hydrogen-bond acceptors (Lipinski definition) is 4. The summed E-state index contributed by atoms with van der Waals surface area (Å²) in [4.78, 5) is 30.0. The van der Waals surface area contributed by atoms with E-state index in [4.69, 9.17) is 9.79 Å². The lowest BCUT2D eigenvalue weighted by atomic mass is 10.1. The van der Waals surface area contributed by atoms with Gasteiger partial charge in [0.25, 0.3) is 5.91 Å². The molecule has 0 unspecified atom stereocenters. The molecule has 0 aliphatic rings. The molecule has 0 radical (unpaired) electrons. The first kappa shape index (κ1) is 21.9. The summed E-state index contributed by atoms with van der Waals surface area (Å²) in [5.74, 6) is -0.480. The molecule has 2 rings (SSSR count). The highest BCUT2D eigenvalue weighted by Crippen LogP contribution is 2.38. The van der Waals surface area contributed by atoms with Gasteiger partial charge in [-0.2, -0.15) is 0 Å². The second-order valence-corrected chi connectivity index (χ2v) is 7.51. The number of phosphoric ester groups is 1. The summed E-state index contributed by atoms with van der Waals surface area (Å²) in [6, 6.07) is 9.81. The van der Waals surface area contributed by atoms with Gasteiger partial charge in [-0.15, -0.1) is 0 Å². The molecule has 9 heteroatoms. The average molecular weight is 407 g/mol. The molecule has 1 aromatic heterocycles. The van der Waals surface area contributed by atoms with E-state index in [1.54, 1.807) is 24.3 Å². The van der Waals surface area contributed by atoms with Gasteiger partial charge in [-0.25, -0.2) is 9.13 Å². The molecule has 0 spiro atoms. The monoisotopic (exact) mass is 407 g/mol. The molecule has 2 atom stereocenters. The highest BCUT2D eigenvalue weighted by Gasteiger charge is 2.27. The molecule has 1 amide bonds. The van der Waals surface area contributed by atoms with Crippen LogP contribution in [0.2, 0.25) is 0 Å². The minimum atomic E-state index is -4.72. The molecule has 1 aromatic carbocycles. The number of aliphatic hydroxyl groups is 1. The Hall–Kier alpha value is -2.35. The largest absolute Gasteiger partial charge is 0.469 e. The van der Waals surface area contributed by atoms with Crippen molar-refractivity contribution in [2.75, 3.05) is 6.61 Å². The number of hydrogen-bond donors (Lipinski definition) is 4. The summed E-state index contributed by atoms with van der Waals surface area (Å²) in [5, 5.41) is 11.9. The van der Waals surface area contributed by atoms with Gasteiger partial charge in [-0.1, -0.05) is 24.3 Å². The molecular formula is C19H24N2O6P+. The molecule has 0 fully saturated rings. The number of carbonyl (C=O) groups excluding carboxylic acids is 1. The van der Waals surface area contributed by atoms with Crippen LogP contribution < -0.4 is 9.88 Å². The molecule has 2 aromatic rings. The van der Waals surface area contributed by atoms with Crippen molar-refractivity contribution in [2.24, 2.45) is 7.05 Å². The van der Waals surface area contributed by atoms with E-state index in [2.05, 4.69) is 9.84 Å². The maximum atomic E-state index is 12.3. The van der Waals surface area contributed by atoms with Crippen molar-refractivity contribution in [3.63, 3.8) is 0 Å². The van der Waals surface area contributed by atoms with Crippen molar-refractivity contribution >= 4 is 25.9 Å². The number of amides is 1. The number of nitrogens with one attached hydrogen (secondary N) is 1. The van der Waals surface area contributed by atoms with E-state index in [0.29, 0.717) is 5.56 Å². The molecule has 150 valence electrons. The van der Waals surface area contributed by atoms with E-state index in [1.807, 2.05) is 48.3 Å². The maximum absolute atomic E-state index is 12.3. The smallest absolute Gasteiger partial charge is 0.394 e. The van der Waals surface area contributed by atoms with E-state index in [1.165, 1.54) is 6.92 Å². The van der Waals surface area contributed by atoms with Crippen LogP contribution in [0.25, 0.3) is 12.2 Å². The molecule has 0 bridgehead atoms. The third-order valence-electron chi connectivity index (χ3n) is 4.03. The number of carbonyl (C=O) groups is 1. The number of nitrogens with zero attached hydrogens (tertiary/aromatic N) is 1. The Morgan fingerprint density at radius 2 is 1.68 bits per heavy atom. The average Bonchev–Trinajstić information content (AvgIpc) is 2.64. The van der Waals surface area contributed by atoms with E-state index >= 15 is 0 Å². The minimum Gasteiger partial charge on any atom is -0.394 e. The van der Waals surface area contributed by atoms with Crippen LogP contribution in [0.3, 0.4) is 0 Å². The van der Waals surface area contributed by atoms with Crippen LogP contribution in [-0.2, 0) is 16.1 Å². The number of aryl methyl sites for hydroxylation is 1. The van der Waals surface area contributed by atoms with Gasteiger partial charge in [0.1, 0.15) is 7.05 Å². The van der Waals surface area contributed by atoms with Gasteiger partial charge in [0.2, 0.25) is 0 Å². The van der Waals surface area contributed by atoms with Crippen molar-refractivity contribution in [2.45, 2.75) is 19.1 Å². The predicted molar refractivity (Wildman–Crippen MR) is 104 cm³/mol.